The second-order valence-corrected chi connectivity index (χ2v) is 7.08. The van der Waals surface area contributed by atoms with Crippen molar-refractivity contribution in [3.8, 4) is 0 Å². The molecule has 0 fully saturated rings. The highest BCUT2D eigenvalue weighted by Gasteiger charge is 2.13. The lowest BCUT2D eigenvalue weighted by Crippen LogP contribution is -2.15. The fourth-order valence-electron chi connectivity index (χ4n) is 2.13. The molecule has 142 valence electrons. The zero-order valence-electron chi connectivity index (χ0n) is 14.5. The molecule has 3 heterocycles. The lowest BCUT2D eigenvalue weighted by Gasteiger charge is -2.04. The highest BCUT2D eigenvalue weighted by atomic mass is 32.2. The number of carbonyl (C=O) groups excluding carboxylic acids is 2. The number of esters is 1. The molecule has 0 aromatic carbocycles. The molecular weight excluding hydrogens is 390 g/mol. The van der Waals surface area contributed by atoms with Crippen LogP contribution in [0.4, 0.5) is 5.13 Å². The Morgan fingerprint density at radius 1 is 1.44 bits per heavy atom. The van der Waals surface area contributed by atoms with Crippen LogP contribution in [-0.2, 0) is 27.3 Å². The first-order chi connectivity index (χ1) is 13.1. The third-order valence-electron chi connectivity index (χ3n) is 3.25. The molecule has 3 aromatic rings. The third kappa shape index (κ3) is 5.66. The van der Waals surface area contributed by atoms with Gasteiger partial charge < -0.3 is 19.0 Å². The number of hydrogen-bond acceptors (Lipinski definition) is 9. The van der Waals surface area contributed by atoms with Crippen molar-refractivity contribution in [1.29, 1.82) is 0 Å². The van der Waals surface area contributed by atoms with Crippen molar-refractivity contribution in [3.05, 3.63) is 41.6 Å². The van der Waals surface area contributed by atoms with Crippen LogP contribution in [0.3, 0.4) is 0 Å². The normalized spacial score (nSPS) is 10.7. The summed E-state index contributed by atoms with van der Waals surface area (Å²) in [7, 11) is 0. The van der Waals surface area contributed by atoms with Gasteiger partial charge in [-0.3, -0.25) is 9.59 Å². The largest absolute Gasteiger partial charge is 0.467 e. The van der Waals surface area contributed by atoms with E-state index in [1.54, 1.807) is 29.5 Å². The lowest BCUT2D eigenvalue weighted by molar-refractivity contribution is -0.142. The van der Waals surface area contributed by atoms with Gasteiger partial charge in [0.2, 0.25) is 5.91 Å². The Labute approximate surface area is 163 Å². The molecule has 0 saturated carbocycles. The number of nitrogens with one attached hydrogen (secondary N) is 1. The average Bonchev–Trinajstić information content (AvgIpc) is 3.37. The van der Waals surface area contributed by atoms with Crippen molar-refractivity contribution >= 4 is 40.1 Å². The van der Waals surface area contributed by atoms with Crippen LogP contribution >= 0.6 is 23.1 Å². The monoisotopic (exact) mass is 407 g/mol. The quantitative estimate of drug-likeness (QED) is 0.424. The maximum absolute atomic E-state index is 12.1. The van der Waals surface area contributed by atoms with Gasteiger partial charge >= 0.3 is 5.97 Å². The number of rotatable bonds is 9. The van der Waals surface area contributed by atoms with Gasteiger partial charge in [0.25, 0.3) is 0 Å². The first kappa shape index (κ1) is 19.1. The molecule has 1 amide bonds. The minimum absolute atomic E-state index is 0.0881. The molecule has 0 unspecified atom stereocenters. The minimum Gasteiger partial charge on any atom is -0.467 e. The van der Waals surface area contributed by atoms with E-state index >= 15 is 0 Å². The van der Waals surface area contributed by atoms with Gasteiger partial charge in [-0.1, -0.05) is 11.8 Å². The number of hydrogen-bond donors (Lipinski definition) is 1. The number of ether oxygens (including phenoxy) is 1. The molecule has 0 aliphatic heterocycles. The standard InChI is InChI=1S/C16H17N5O4S2/c1-2-24-14(23)6-11-8-26-15(18-11)19-13(22)9-27-16-20-17-10-21(16)7-12-4-3-5-25-12/h3-5,8,10H,2,6-7,9H2,1H3,(H,18,19,22). The van der Waals surface area contributed by atoms with Crippen LogP contribution < -0.4 is 5.32 Å². The van der Waals surface area contributed by atoms with Crippen LogP contribution in [0, 0.1) is 0 Å². The number of amides is 1. The van der Waals surface area contributed by atoms with E-state index in [4.69, 9.17) is 9.15 Å². The second-order valence-electron chi connectivity index (χ2n) is 5.28. The van der Waals surface area contributed by atoms with Crippen LogP contribution in [0.25, 0.3) is 0 Å². The zero-order chi connectivity index (χ0) is 19.1. The minimum atomic E-state index is -0.341. The van der Waals surface area contributed by atoms with E-state index in [1.807, 2.05) is 12.1 Å². The first-order valence-electron chi connectivity index (χ1n) is 8.07. The topological polar surface area (TPSA) is 112 Å². The fraction of sp³-hybridized carbons (Fsp3) is 0.312. The van der Waals surface area contributed by atoms with E-state index in [2.05, 4.69) is 20.5 Å². The fourth-order valence-corrected chi connectivity index (χ4v) is 3.57. The maximum Gasteiger partial charge on any atom is 0.311 e. The predicted octanol–water partition coefficient (Wildman–Crippen LogP) is 2.21. The van der Waals surface area contributed by atoms with Crippen LogP contribution in [0.1, 0.15) is 18.4 Å². The predicted molar refractivity (Wildman–Crippen MR) is 99.6 cm³/mol. The zero-order valence-corrected chi connectivity index (χ0v) is 16.1. The number of furan rings is 1. The summed E-state index contributed by atoms with van der Waals surface area (Å²) < 4.78 is 12.0. The highest BCUT2D eigenvalue weighted by molar-refractivity contribution is 7.99. The Balaban J connectivity index is 1.48. The Hall–Kier alpha value is -2.66. The summed E-state index contributed by atoms with van der Waals surface area (Å²) in [5, 5.41) is 13.4. The van der Waals surface area contributed by atoms with Gasteiger partial charge in [0.1, 0.15) is 12.1 Å². The molecule has 0 atom stereocenters. The summed E-state index contributed by atoms with van der Waals surface area (Å²) in [5.41, 5.74) is 0.569. The first-order valence-corrected chi connectivity index (χ1v) is 9.93. The van der Waals surface area contributed by atoms with Gasteiger partial charge in [-0.05, 0) is 19.1 Å². The summed E-state index contributed by atoms with van der Waals surface area (Å²) in [6.07, 6.45) is 3.28. The molecule has 3 aromatic heterocycles. The van der Waals surface area contributed by atoms with Crippen molar-refractivity contribution in [1.82, 2.24) is 19.7 Å². The number of carbonyl (C=O) groups is 2. The molecule has 0 radical (unpaired) electrons. The summed E-state index contributed by atoms with van der Waals surface area (Å²) in [6, 6.07) is 3.67. The summed E-state index contributed by atoms with van der Waals surface area (Å²) in [4.78, 5) is 27.8. The molecule has 9 nitrogen and oxygen atoms in total. The molecule has 0 aliphatic carbocycles. The van der Waals surface area contributed by atoms with Crippen molar-refractivity contribution in [2.24, 2.45) is 0 Å². The molecule has 0 aliphatic rings. The Morgan fingerprint density at radius 2 is 2.33 bits per heavy atom. The van der Waals surface area contributed by atoms with Gasteiger partial charge in [-0.2, -0.15) is 0 Å². The van der Waals surface area contributed by atoms with Crippen molar-refractivity contribution < 1.29 is 18.7 Å². The van der Waals surface area contributed by atoms with Crippen molar-refractivity contribution in [2.75, 3.05) is 17.7 Å². The highest BCUT2D eigenvalue weighted by Crippen LogP contribution is 2.19. The van der Waals surface area contributed by atoms with Gasteiger partial charge in [0.15, 0.2) is 10.3 Å². The molecule has 3 rings (SSSR count). The van der Waals surface area contributed by atoms with Crippen molar-refractivity contribution in [3.63, 3.8) is 0 Å². The molecular formula is C16H17N5O4S2. The third-order valence-corrected chi connectivity index (χ3v) is 5.03. The molecule has 27 heavy (non-hydrogen) atoms. The number of aromatic nitrogens is 4. The number of nitrogens with zero attached hydrogens (tertiary/aromatic N) is 4. The average molecular weight is 407 g/mol. The summed E-state index contributed by atoms with van der Waals surface area (Å²) in [5.74, 6) is 0.374. The number of thioether (sulfide) groups is 1. The van der Waals surface area contributed by atoms with Gasteiger partial charge in [0, 0.05) is 5.38 Å². The van der Waals surface area contributed by atoms with E-state index in [-0.39, 0.29) is 24.1 Å². The second kappa shape index (κ2) is 9.33. The molecule has 0 spiro atoms. The van der Waals surface area contributed by atoms with Gasteiger partial charge in [-0.25, -0.2) is 4.98 Å². The van der Waals surface area contributed by atoms with E-state index in [0.29, 0.717) is 29.1 Å². The van der Waals surface area contributed by atoms with Crippen LogP contribution in [-0.4, -0.2) is 44.0 Å². The molecule has 1 N–H and O–H groups in total. The van der Waals surface area contributed by atoms with Gasteiger partial charge in [0.05, 0.1) is 37.3 Å². The molecule has 11 heteroatoms. The van der Waals surface area contributed by atoms with E-state index in [1.165, 1.54) is 23.1 Å². The summed E-state index contributed by atoms with van der Waals surface area (Å²) in [6.45, 7) is 2.57. The number of anilines is 1. The SMILES string of the molecule is CCOC(=O)Cc1csc(NC(=O)CSc2nncn2Cc2ccco2)n1. The lowest BCUT2D eigenvalue weighted by atomic mass is 10.3. The maximum atomic E-state index is 12.1. The molecule has 0 saturated heterocycles. The summed E-state index contributed by atoms with van der Waals surface area (Å²) >= 11 is 2.53. The van der Waals surface area contributed by atoms with Crippen LogP contribution in [0.5, 0.6) is 0 Å². The van der Waals surface area contributed by atoms with Crippen LogP contribution in [0.2, 0.25) is 0 Å². The van der Waals surface area contributed by atoms with Gasteiger partial charge in [-0.15, -0.1) is 21.5 Å². The Morgan fingerprint density at radius 3 is 3.11 bits per heavy atom. The Bertz CT molecular complexity index is 890. The number of thiazole rings is 1. The smallest absolute Gasteiger partial charge is 0.311 e. The van der Waals surface area contributed by atoms with E-state index in [0.717, 1.165) is 5.76 Å². The molecule has 0 bridgehead atoms. The van der Waals surface area contributed by atoms with E-state index < -0.39 is 0 Å². The Kier molecular flexibility index (Phi) is 6.60. The van der Waals surface area contributed by atoms with Crippen LogP contribution in [0.15, 0.2) is 39.7 Å². The van der Waals surface area contributed by atoms with E-state index in [9.17, 15) is 9.59 Å². The van der Waals surface area contributed by atoms with Crippen molar-refractivity contribution in [2.45, 2.75) is 25.0 Å².